The van der Waals surface area contributed by atoms with E-state index in [2.05, 4.69) is 0 Å². The van der Waals surface area contributed by atoms with Crippen LogP contribution < -0.4 is 10.3 Å². The summed E-state index contributed by atoms with van der Waals surface area (Å²) in [5.41, 5.74) is 2.19. The number of nitrogens with zero attached hydrogens (tertiary/aromatic N) is 1. The van der Waals surface area contributed by atoms with Crippen LogP contribution in [0.5, 0.6) is 11.5 Å². The Hall–Kier alpha value is -3.00. The van der Waals surface area contributed by atoms with Crippen molar-refractivity contribution in [3.8, 4) is 22.6 Å². The van der Waals surface area contributed by atoms with Crippen molar-refractivity contribution in [2.24, 2.45) is 5.92 Å². The van der Waals surface area contributed by atoms with E-state index in [0.29, 0.717) is 34.7 Å². The Balaban J connectivity index is 1.82. The second-order valence-corrected chi connectivity index (χ2v) is 10.8. The number of benzene rings is 2. The molecule has 8 heteroatoms. The number of halogens is 2. The zero-order valence-corrected chi connectivity index (χ0v) is 19.3. The van der Waals surface area contributed by atoms with Crippen LogP contribution in [0.2, 0.25) is 0 Å². The van der Waals surface area contributed by atoms with Crippen molar-refractivity contribution in [2.75, 3.05) is 5.75 Å². The minimum absolute atomic E-state index is 0.00670. The van der Waals surface area contributed by atoms with Crippen molar-refractivity contribution in [1.82, 2.24) is 4.57 Å². The van der Waals surface area contributed by atoms with Gasteiger partial charge in [-0.1, -0.05) is 13.0 Å². The third-order valence-electron chi connectivity index (χ3n) is 5.71. The molecule has 0 bridgehead atoms. The van der Waals surface area contributed by atoms with Gasteiger partial charge in [-0.2, -0.15) is 0 Å². The van der Waals surface area contributed by atoms with E-state index in [1.807, 2.05) is 0 Å². The van der Waals surface area contributed by atoms with E-state index >= 15 is 0 Å². The van der Waals surface area contributed by atoms with Crippen molar-refractivity contribution in [1.29, 1.82) is 0 Å². The topological polar surface area (TPSA) is 65.4 Å². The van der Waals surface area contributed by atoms with Crippen LogP contribution in [0.3, 0.4) is 0 Å². The van der Waals surface area contributed by atoms with Crippen LogP contribution >= 0.6 is 0 Å². The molecule has 0 amide bonds. The molecule has 0 aliphatic heterocycles. The molecule has 3 aromatic rings. The first kappa shape index (κ1) is 23.2. The van der Waals surface area contributed by atoms with E-state index in [1.165, 1.54) is 6.07 Å². The summed E-state index contributed by atoms with van der Waals surface area (Å²) in [5, 5.41) is 0. The molecule has 0 saturated heterocycles. The second-order valence-electron chi connectivity index (χ2n) is 8.50. The van der Waals surface area contributed by atoms with Gasteiger partial charge in [-0.15, -0.1) is 0 Å². The Bertz CT molecular complexity index is 1360. The molecular formula is C25H25F2NO4S. The third kappa shape index (κ3) is 5.50. The second kappa shape index (κ2) is 9.09. The first-order chi connectivity index (χ1) is 15.6. The summed E-state index contributed by atoms with van der Waals surface area (Å²) in [6.07, 6.45) is 3.89. The largest absolute Gasteiger partial charge is 0.454 e. The normalized spacial score (nSPS) is 13.8. The highest BCUT2D eigenvalue weighted by Crippen LogP contribution is 2.36. The van der Waals surface area contributed by atoms with Crippen LogP contribution in [-0.4, -0.2) is 18.7 Å². The SMILES string of the molecule is CCS(=O)(=O)Cc1ccc(Oc2ccc(F)cc2F)c(-c2cc(C)c(=O)n(CC3CC3)c2)c1. The zero-order chi connectivity index (χ0) is 23.8. The van der Waals surface area contributed by atoms with Gasteiger partial charge in [0.15, 0.2) is 21.4 Å². The van der Waals surface area contributed by atoms with Gasteiger partial charge in [0.05, 0.1) is 5.75 Å². The quantitative estimate of drug-likeness (QED) is 0.449. The highest BCUT2D eigenvalue weighted by atomic mass is 32.2. The monoisotopic (exact) mass is 473 g/mol. The fraction of sp³-hybridized carbons (Fsp3) is 0.320. The van der Waals surface area contributed by atoms with Gasteiger partial charge < -0.3 is 9.30 Å². The Morgan fingerprint density at radius 1 is 1.06 bits per heavy atom. The fourth-order valence-corrected chi connectivity index (χ4v) is 4.55. The van der Waals surface area contributed by atoms with Crippen molar-refractivity contribution >= 4 is 9.84 Å². The Morgan fingerprint density at radius 3 is 2.45 bits per heavy atom. The Morgan fingerprint density at radius 2 is 1.79 bits per heavy atom. The molecule has 2 aromatic carbocycles. The molecule has 0 atom stereocenters. The van der Waals surface area contributed by atoms with Crippen molar-refractivity contribution < 1.29 is 21.9 Å². The smallest absolute Gasteiger partial charge is 0.253 e. The standard InChI is InChI=1S/C25H25F2NO4S/c1-3-33(30,31)15-18-6-8-23(32-24-9-7-20(26)12-22(24)27)21(11-18)19-10-16(2)25(29)28(14-19)13-17-4-5-17/h6-12,14,17H,3-5,13,15H2,1-2H3. The van der Waals surface area contributed by atoms with Gasteiger partial charge in [0.1, 0.15) is 11.6 Å². The highest BCUT2D eigenvalue weighted by molar-refractivity contribution is 7.90. The first-order valence-corrected chi connectivity index (χ1v) is 12.6. The number of pyridine rings is 1. The van der Waals surface area contributed by atoms with E-state index in [4.69, 9.17) is 4.74 Å². The molecule has 1 aliphatic rings. The molecule has 1 heterocycles. The lowest BCUT2D eigenvalue weighted by molar-refractivity contribution is 0.439. The number of aromatic nitrogens is 1. The predicted octanol–water partition coefficient (Wildman–Crippen LogP) is 5.24. The Labute approximate surface area is 191 Å². The molecule has 1 aliphatic carbocycles. The van der Waals surface area contributed by atoms with Gasteiger partial charge in [-0.05, 0) is 61.6 Å². The molecule has 1 saturated carbocycles. The fourth-order valence-electron chi connectivity index (χ4n) is 3.66. The minimum atomic E-state index is -3.28. The molecule has 0 N–H and O–H groups in total. The van der Waals surface area contributed by atoms with Crippen molar-refractivity contribution in [2.45, 2.75) is 39.0 Å². The number of hydrogen-bond donors (Lipinski definition) is 0. The molecular weight excluding hydrogens is 448 g/mol. The first-order valence-electron chi connectivity index (χ1n) is 10.8. The van der Waals surface area contributed by atoms with Crippen LogP contribution in [0.4, 0.5) is 8.78 Å². The summed E-state index contributed by atoms with van der Waals surface area (Å²) in [6.45, 7) is 3.92. The maximum atomic E-state index is 14.3. The number of rotatable bonds is 8. The van der Waals surface area contributed by atoms with E-state index in [-0.39, 0.29) is 28.6 Å². The molecule has 4 rings (SSSR count). The maximum Gasteiger partial charge on any atom is 0.253 e. The number of sulfone groups is 1. The van der Waals surface area contributed by atoms with Crippen LogP contribution in [0.25, 0.3) is 11.1 Å². The zero-order valence-electron chi connectivity index (χ0n) is 18.5. The average Bonchev–Trinajstić information content (AvgIpc) is 3.58. The van der Waals surface area contributed by atoms with Gasteiger partial charge in [0.2, 0.25) is 0 Å². The number of aryl methyl sites for hydroxylation is 1. The lowest BCUT2D eigenvalue weighted by atomic mass is 10.0. The van der Waals surface area contributed by atoms with Crippen LogP contribution in [-0.2, 0) is 22.1 Å². The lowest BCUT2D eigenvalue weighted by Gasteiger charge is -2.16. The summed E-state index contributed by atoms with van der Waals surface area (Å²) in [7, 11) is -3.28. The van der Waals surface area contributed by atoms with Crippen LogP contribution in [0.1, 0.15) is 30.9 Å². The van der Waals surface area contributed by atoms with Gasteiger partial charge in [0.25, 0.3) is 5.56 Å². The lowest BCUT2D eigenvalue weighted by Crippen LogP contribution is -2.22. The predicted molar refractivity (Wildman–Crippen MR) is 123 cm³/mol. The summed E-state index contributed by atoms with van der Waals surface area (Å²) < 4.78 is 59.4. The molecule has 0 radical (unpaired) electrons. The van der Waals surface area contributed by atoms with E-state index in [0.717, 1.165) is 25.0 Å². The van der Waals surface area contributed by atoms with Gasteiger partial charge in [-0.3, -0.25) is 4.79 Å². The number of ether oxygens (including phenoxy) is 1. The summed E-state index contributed by atoms with van der Waals surface area (Å²) >= 11 is 0. The molecule has 1 fully saturated rings. The molecule has 5 nitrogen and oxygen atoms in total. The van der Waals surface area contributed by atoms with E-state index in [1.54, 1.807) is 48.9 Å². The Kier molecular flexibility index (Phi) is 6.38. The van der Waals surface area contributed by atoms with Gasteiger partial charge in [0, 0.05) is 41.3 Å². The molecule has 174 valence electrons. The molecule has 33 heavy (non-hydrogen) atoms. The maximum absolute atomic E-state index is 14.3. The van der Waals surface area contributed by atoms with Crippen molar-refractivity contribution in [3.63, 3.8) is 0 Å². The van der Waals surface area contributed by atoms with Crippen LogP contribution in [0.15, 0.2) is 53.5 Å². The summed E-state index contributed by atoms with van der Waals surface area (Å²) in [5.74, 6) is -1.13. The highest BCUT2D eigenvalue weighted by Gasteiger charge is 2.23. The third-order valence-corrected chi connectivity index (χ3v) is 7.36. The number of hydrogen-bond acceptors (Lipinski definition) is 4. The average molecular weight is 474 g/mol. The summed E-state index contributed by atoms with van der Waals surface area (Å²) in [6, 6.07) is 9.61. The molecule has 1 aromatic heterocycles. The van der Waals surface area contributed by atoms with Crippen LogP contribution in [0, 0.1) is 24.5 Å². The van der Waals surface area contributed by atoms with Gasteiger partial charge in [-0.25, -0.2) is 17.2 Å². The van der Waals surface area contributed by atoms with Gasteiger partial charge >= 0.3 is 0 Å². The van der Waals surface area contributed by atoms with E-state index in [9.17, 15) is 22.0 Å². The van der Waals surface area contributed by atoms with Crippen molar-refractivity contribution in [3.05, 3.63) is 81.8 Å². The summed E-state index contributed by atoms with van der Waals surface area (Å²) in [4.78, 5) is 12.6. The minimum Gasteiger partial charge on any atom is -0.454 e. The van der Waals surface area contributed by atoms with E-state index < -0.39 is 21.5 Å². The molecule has 0 spiro atoms. The molecule has 0 unspecified atom stereocenters.